The summed E-state index contributed by atoms with van der Waals surface area (Å²) in [6.07, 6.45) is -4.45. The van der Waals surface area contributed by atoms with Gasteiger partial charge in [-0.2, -0.15) is 18.2 Å². The fourth-order valence-corrected chi connectivity index (χ4v) is 1.73. The lowest BCUT2D eigenvalue weighted by Gasteiger charge is -2.25. The molecule has 0 bridgehead atoms. The van der Waals surface area contributed by atoms with Gasteiger partial charge in [-0.15, -0.1) is 0 Å². The maximum atomic E-state index is 12.7. The normalized spacial score (nSPS) is 12.6. The van der Waals surface area contributed by atoms with Gasteiger partial charge in [0.2, 0.25) is 11.7 Å². The summed E-state index contributed by atoms with van der Waals surface area (Å²) in [4.78, 5) is 4.00. The summed E-state index contributed by atoms with van der Waals surface area (Å²) >= 11 is 0. The molecule has 6 nitrogen and oxygen atoms in total. The van der Waals surface area contributed by atoms with Crippen LogP contribution in [0.15, 0.2) is 28.8 Å². The van der Waals surface area contributed by atoms with Crippen LogP contribution < -0.4 is 5.32 Å². The van der Waals surface area contributed by atoms with Crippen LogP contribution in [0.2, 0.25) is 0 Å². The highest BCUT2D eigenvalue weighted by Gasteiger charge is 2.30. The number of aliphatic hydroxyl groups is 2. The van der Waals surface area contributed by atoms with Crippen LogP contribution >= 0.6 is 0 Å². The summed E-state index contributed by atoms with van der Waals surface area (Å²) < 4.78 is 43.1. The van der Waals surface area contributed by atoms with Gasteiger partial charge in [0, 0.05) is 5.56 Å². The van der Waals surface area contributed by atoms with E-state index in [9.17, 15) is 13.2 Å². The van der Waals surface area contributed by atoms with Gasteiger partial charge in [0.05, 0.1) is 30.9 Å². The maximum Gasteiger partial charge on any atom is 0.416 e. The Morgan fingerprint density at radius 1 is 1.22 bits per heavy atom. The van der Waals surface area contributed by atoms with Gasteiger partial charge in [0.15, 0.2) is 0 Å². The molecule has 0 aliphatic carbocycles. The number of benzene rings is 1. The molecular formula is C14H16F3N3O3. The van der Waals surface area contributed by atoms with Gasteiger partial charge in [-0.1, -0.05) is 17.3 Å². The fraction of sp³-hybridized carbons (Fsp3) is 0.429. The average Bonchev–Trinajstić information content (AvgIpc) is 3.01. The lowest BCUT2D eigenvalue weighted by atomic mass is 10.1. The predicted molar refractivity (Wildman–Crippen MR) is 74.2 cm³/mol. The van der Waals surface area contributed by atoms with Crippen LogP contribution in [0.5, 0.6) is 0 Å². The predicted octanol–water partition coefficient (Wildman–Crippen LogP) is 1.59. The monoisotopic (exact) mass is 331 g/mol. The van der Waals surface area contributed by atoms with Gasteiger partial charge < -0.3 is 14.7 Å². The quantitative estimate of drug-likeness (QED) is 0.745. The maximum absolute atomic E-state index is 12.7. The molecule has 1 heterocycles. The average molecular weight is 331 g/mol. The molecule has 0 saturated carbocycles. The van der Waals surface area contributed by atoms with Gasteiger partial charge in [0.1, 0.15) is 0 Å². The number of alkyl halides is 3. The largest absolute Gasteiger partial charge is 0.416 e. The standard InChI is InChI=1S/C14H16F3N3O3/c1-13(7-21,8-22)18-6-11-19-12(20-23-11)9-3-2-4-10(5-9)14(15,16)17/h2-5,18,21-22H,6-8H2,1H3. The van der Waals surface area contributed by atoms with Crippen molar-refractivity contribution in [2.75, 3.05) is 13.2 Å². The molecule has 0 unspecified atom stereocenters. The summed E-state index contributed by atoms with van der Waals surface area (Å²) in [5.41, 5.74) is -1.54. The molecule has 3 N–H and O–H groups in total. The van der Waals surface area contributed by atoms with E-state index in [1.807, 2.05) is 0 Å². The van der Waals surface area contributed by atoms with Crippen LogP contribution in [-0.4, -0.2) is 39.1 Å². The van der Waals surface area contributed by atoms with Crippen molar-refractivity contribution in [2.45, 2.75) is 25.2 Å². The second kappa shape index (κ2) is 6.65. The van der Waals surface area contributed by atoms with Crippen molar-refractivity contribution < 1.29 is 27.9 Å². The molecule has 1 aromatic carbocycles. The Balaban J connectivity index is 2.14. The molecule has 0 atom stereocenters. The molecule has 0 fully saturated rings. The molecule has 2 aromatic rings. The first-order valence-corrected chi connectivity index (χ1v) is 6.74. The number of hydrogen-bond acceptors (Lipinski definition) is 6. The number of rotatable bonds is 6. The number of aromatic nitrogens is 2. The minimum Gasteiger partial charge on any atom is -0.394 e. The molecule has 0 radical (unpaired) electrons. The van der Waals surface area contributed by atoms with Crippen molar-refractivity contribution in [3.63, 3.8) is 0 Å². The van der Waals surface area contributed by atoms with Crippen molar-refractivity contribution in [1.82, 2.24) is 15.5 Å². The first-order chi connectivity index (χ1) is 10.8. The van der Waals surface area contributed by atoms with Crippen molar-refractivity contribution in [1.29, 1.82) is 0 Å². The van der Waals surface area contributed by atoms with Crippen LogP contribution in [0.4, 0.5) is 13.2 Å². The Kier molecular flexibility index (Phi) is 5.03. The van der Waals surface area contributed by atoms with Crippen LogP contribution in [0.25, 0.3) is 11.4 Å². The molecule has 0 aliphatic heterocycles. The lowest BCUT2D eigenvalue weighted by molar-refractivity contribution is -0.137. The third-order valence-electron chi connectivity index (χ3n) is 3.28. The molecule has 9 heteroatoms. The number of halogens is 3. The fourth-order valence-electron chi connectivity index (χ4n) is 1.73. The third-order valence-corrected chi connectivity index (χ3v) is 3.28. The van der Waals surface area contributed by atoms with E-state index in [1.165, 1.54) is 12.1 Å². The Bertz CT molecular complexity index is 654. The summed E-state index contributed by atoms with van der Waals surface area (Å²) in [6, 6.07) is 4.61. The van der Waals surface area contributed by atoms with Crippen LogP contribution in [0, 0.1) is 0 Å². The molecule has 1 aromatic heterocycles. The van der Waals surface area contributed by atoms with E-state index in [0.717, 1.165) is 12.1 Å². The zero-order valence-electron chi connectivity index (χ0n) is 12.3. The summed E-state index contributed by atoms with van der Waals surface area (Å²) in [5, 5.41) is 24.8. The van der Waals surface area contributed by atoms with Crippen molar-refractivity contribution >= 4 is 0 Å². The Hall–Kier alpha value is -1.97. The molecule has 23 heavy (non-hydrogen) atoms. The summed E-state index contributed by atoms with van der Waals surface area (Å²) in [7, 11) is 0. The number of nitrogens with one attached hydrogen (secondary N) is 1. The molecule has 2 rings (SSSR count). The Morgan fingerprint density at radius 3 is 2.52 bits per heavy atom. The Morgan fingerprint density at radius 2 is 1.91 bits per heavy atom. The van der Waals surface area contributed by atoms with E-state index >= 15 is 0 Å². The van der Waals surface area contributed by atoms with E-state index in [-0.39, 0.29) is 37.0 Å². The van der Waals surface area contributed by atoms with E-state index < -0.39 is 17.3 Å². The van der Waals surface area contributed by atoms with Gasteiger partial charge in [0.25, 0.3) is 0 Å². The highest BCUT2D eigenvalue weighted by atomic mass is 19.4. The zero-order chi connectivity index (χ0) is 17.1. The van der Waals surface area contributed by atoms with Crippen molar-refractivity contribution in [2.24, 2.45) is 0 Å². The first kappa shape index (κ1) is 17.4. The van der Waals surface area contributed by atoms with Gasteiger partial charge in [-0.3, -0.25) is 5.32 Å². The SMILES string of the molecule is CC(CO)(CO)NCc1nc(-c2cccc(C(F)(F)F)c2)no1. The summed E-state index contributed by atoms with van der Waals surface area (Å²) in [6.45, 7) is 1.04. The molecule has 0 aliphatic rings. The van der Waals surface area contributed by atoms with Gasteiger partial charge in [-0.05, 0) is 19.1 Å². The van der Waals surface area contributed by atoms with Gasteiger partial charge >= 0.3 is 6.18 Å². The topological polar surface area (TPSA) is 91.4 Å². The molecule has 126 valence electrons. The van der Waals surface area contributed by atoms with Crippen LogP contribution in [0.3, 0.4) is 0 Å². The van der Waals surface area contributed by atoms with Crippen LogP contribution in [0.1, 0.15) is 18.4 Å². The molecule has 0 amide bonds. The van der Waals surface area contributed by atoms with E-state index in [4.69, 9.17) is 14.7 Å². The minimum absolute atomic E-state index is 0.0302. The number of hydrogen-bond donors (Lipinski definition) is 3. The first-order valence-electron chi connectivity index (χ1n) is 6.74. The summed E-state index contributed by atoms with van der Waals surface area (Å²) in [5.74, 6) is 0.160. The highest BCUT2D eigenvalue weighted by molar-refractivity contribution is 5.55. The smallest absolute Gasteiger partial charge is 0.394 e. The number of aliphatic hydroxyl groups excluding tert-OH is 2. The zero-order valence-corrected chi connectivity index (χ0v) is 12.3. The van der Waals surface area contributed by atoms with Gasteiger partial charge in [-0.25, -0.2) is 0 Å². The van der Waals surface area contributed by atoms with Crippen molar-refractivity contribution in [3.05, 3.63) is 35.7 Å². The molecule has 0 spiro atoms. The number of nitrogens with zero attached hydrogens (tertiary/aromatic N) is 2. The second-order valence-electron chi connectivity index (χ2n) is 5.32. The van der Waals surface area contributed by atoms with Crippen LogP contribution in [-0.2, 0) is 12.7 Å². The molecular weight excluding hydrogens is 315 g/mol. The minimum atomic E-state index is -4.45. The van der Waals surface area contributed by atoms with E-state index in [0.29, 0.717) is 0 Å². The second-order valence-corrected chi connectivity index (χ2v) is 5.32. The lowest BCUT2D eigenvalue weighted by Crippen LogP contribution is -2.48. The highest BCUT2D eigenvalue weighted by Crippen LogP contribution is 2.31. The third kappa shape index (κ3) is 4.27. The van der Waals surface area contributed by atoms with Crippen molar-refractivity contribution in [3.8, 4) is 11.4 Å². The van der Waals surface area contributed by atoms with E-state index in [1.54, 1.807) is 6.92 Å². The molecule has 0 saturated heterocycles. The van der Waals surface area contributed by atoms with E-state index in [2.05, 4.69) is 15.5 Å². The Labute approximate surface area is 129 Å².